The van der Waals surface area contributed by atoms with Crippen LogP contribution in [0, 0.1) is 5.92 Å². The van der Waals surface area contributed by atoms with Crippen molar-refractivity contribution >= 4 is 33.3 Å². The SMILES string of the molecule is CCc1ccc(/C(=C/[C@H](CC)CCC=O)c2ccc(S(=O)(=O)CCCN(CC)CC)c(Cl)c2)[nH]c1=O. The van der Waals surface area contributed by atoms with Crippen LogP contribution in [0.2, 0.25) is 5.02 Å². The summed E-state index contributed by atoms with van der Waals surface area (Å²) in [6.45, 7) is 10.6. The Bertz CT molecular complexity index is 1200. The molecule has 0 unspecified atom stereocenters. The fourth-order valence-electron chi connectivity index (χ4n) is 4.25. The first-order valence-electron chi connectivity index (χ1n) is 12.8. The summed E-state index contributed by atoms with van der Waals surface area (Å²) >= 11 is 6.54. The average molecular weight is 535 g/mol. The van der Waals surface area contributed by atoms with E-state index in [0.29, 0.717) is 42.5 Å². The van der Waals surface area contributed by atoms with Gasteiger partial charge in [-0.05, 0) is 75.0 Å². The molecule has 2 aromatic rings. The van der Waals surface area contributed by atoms with Crippen LogP contribution in [-0.4, -0.2) is 50.0 Å². The first kappa shape index (κ1) is 30.0. The highest BCUT2D eigenvalue weighted by atomic mass is 35.5. The summed E-state index contributed by atoms with van der Waals surface area (Å²) < 4.78 is 26.0. The summed E-state index contributed by atoms with van der Waals surface area (Å²) in [4.78, 5) is 28.8. The van der Waals surface area contributed by atoms with Crippen LogP contribution in [0.5, 0.6) is 0 Å². The van der Waals surface area contributed by atoms with Gasteiger partial charge >= 0.3 is 0 Å². The van der Waals surface area contributed by atoms with E-state index in [-0.39, 0.29) is 27.1 Å². The zero-order valence-electron chi connectivity index (χ0n) is 21.8. The number of aryl methyl sites for hydroxylation is 1. The number of carbonyl (C=O) groups is 1. The van der Waals surface area contributed by atoms with E-state index in [4.69, 9.17) is 11.6 Å². The van der Waals surface area contributed by atoms with E-state index < -0.39 is 9.84 Å². The number of H-pyrrole nitrogens is 1. The smallest absolute Gasteiger partial charge is 0.251 e. The summed E-state index contributed by atoms with van der Waals surface area (Å²) in [6, 6.07) is 8.63. The molecule has 0 spiro atoms. The minimum absolute atomic E-state index is 0.0284. The largest absolute Gasteiger partial charge is 0.322 e. The monoisotopic (exact) mass is 534 g/mol. The Morgan fingerprint density at radius 3 is 2.39 bits per heavy atom. The number of allylic oxidation sites excluding steroid dienone is 1. The molecule has 0 aliphatic rings. The van der Waals surface area contributed by atoms with Crippen molar-refractivity contribution in [2.75, 3.05) is 25.4 Å². The van der Waals surface area contributed by atoms with Crippen LogP contribution in [0.15, 0.2) is 46.1 Å². The van der Waals surface area contributed by atoms with E-state index in [0.717, 1.165) is 37.9 Å². The Morgan fingerprint density at radius 2 is 1.83 bits per heavy atom. The number of hydrogen-bond acceptors (Lipinski definition) is 5. The lowest BCUT2D eigenvalue weighted by atomic mass is 9.92. The zero-order valence-corrected chi connectivity index (χ0v) is 23.4. The van der Waals surface area contributed by atoms with Gasteiger partial charge < -0.3 is 14.7 Å². The van der Waals surface area contributed by atoms with E-state index in [1.807, 2.05) is 32.1 Å². The molecule has 1 atom stereocenters. The predicted molar refractivity (Wildman–Crippen MR) is 149 cm³/mol. The standard InChI is InChI=1S/C28H39ClN2O4S/c1-5-21(11-9-17-32)19-24(26-14-12-22(6-2)28(33)30-26)23-13-15-27(25(29)20-23)36(34,35)18-10-16-31(7-3)8-4/h12-15,17,19-21H,5-11,16,18H2,1-4H3,(H,30,33)/b24-19+/t21-/m1/s1. The fraction of sp³-hybridized carbons (Fsp3) is 0.500. The molecule has 0 aliphatic heterocycles. The highest BCUT2D eigenvalue weighted by Crippen LogP contribution is 2.31. The molecule has 0 saturated carbocycles. The van der Waals surface area contributed by atoms with Crippen LogP contribution in [0.25, 0.3) is 5.57 Å². The molecule has 36 heavy (non-hydrogen) atoms. The number of pyridine rings is 1. The first-order valence-corrected chi connectivity index (χ1v) is 14.9. The van der Waals surface area contributed by atoms with E-state index in [9.17, 15) is 18.0 Å². The minimum atomic E-state index is -3.54. The number of aldehydes is 1. The predicted octanol–water partition coefficient (Wildman–Crippen LogP) is 5.53. The van der Waals surface area contributed by atoms with Crippen molar-refractivity contribution in [1.29, 1.82) is 0 Å². The minimum Gasteiger partial charge on any atom is -0.322 e. The van der Waals surface area contributed by atoms with Gasteiger partial charge in [0.25, 0.3) is 5.56 Å². The molecule has 198 valence electrons. The number of nitrogens with one attached hydrogen (secondary N) is 1. The molecule has 2 rings (SSSR count). The molecule has 0 fully saturated rings. The van der Waals surface area contributed by atoms with Crippen molar-refractivity contribution in [3.8, 4) is 0 Å². The second kappa shape index (κ2) is 14.5. The van der Waals surface area contributed by atoms with Crippen molar-refractivity contribution in [1.82, 2.24) is 9.88 Å². The maximum atomic E-state index is 13.0. The molecule has 0 radical (unpaired) electrons. The number of aromatic nitrogens is 1. The Hall–Kier alpha value is -2.22. The molecule has 0 aliphatic carbocycles. The normalized spacial score (nSPS) is 13.2. The zero-order chi connectivity index (χ0) is 26.7. The lowest BCUT2D eigenvalue weighted by molar-refractivity contribution is -0.108. The molecular formula is C28H39ClN2O4S. The van der Waals surface area contributed by atoms with Crippen molar-refractivity contribution in [2.24, 2.45) is 5.92 Å². The van der Waals surface area contributed by atoms with Crippen LogP contribution in [0.1, 0.15) is 70.2 Å². The number of nitrogens with zero attached hydrogens (tertiary/aromatic N) is 1. The quantitative estimate of drug-likeness (QED) is 0.303. The number of aromatic amines is 1. The van der Waals surface area contributed by atoms with Gasteiger partial charge in [0.1, 0.15) is 6.29 Å². The molecular weight excluding hydrogens is 496 g/mol. The van der Waals surface area contributed by atoms with E-state index in [1.54, 1.807) is 18.2 Å². The summed E-state index contributed by atoms with van der Waals surface area (Å²) in [5, 5.41) is 0.162. The molecule has 1 N–H and O–H groups in total. The van der Waals surface area contributed by atoms with Crippen LogP contribution in [0.4, 0.5) is 0 Å². The van der Waals surface area contributed by atoms with Gasteiger partial charge in [-0.15, -0.1) is 0 Å². The Morgan fingerprint density at radius 1 is 1.11 bits per heavy atom. The molecule has 1 aromatic heterocycles. The number of benzene rings is 1. The highest BCUT2D eigenvalue weighted by Gasteiger charge is 2.20. The molecule has 0 saturated heterocycles. The first-order chi connectivity index (χ1) is 17.2. The fourth-order valence-corrected chi connectivity index (χ4v) is 6.15. The number of sulfone groups is 1. The Labute approximate surface area is 220 Å². The molecule has 1 heterocycles. The van der Waals surface area contributed by atoms with Gasteiger partial charge in [0.15, 0.2) is 9.84 Å². The van der Waals surface area contributed by atoms with Gasteiger partial charge in [-0.1, -0.05) is 57.5 Å². The van der Waals surface area contributed by atoms with Gasteiger partial charge in [0.05, 0.1) is 15.7 Å². The van der Waals surface area contributed by atoms with Gasteiger partial charge in [0.2, 0.25) is 0 Å². The van der Waals surface area contributed by atoms with Crippen molar-refractivity contribution in [3.05, 3.63) is 68.6 Å². The molecule has 0 bridgehead atoms. The molecule has 0 amide bonds. The Kier molecular flexibility index (Phi) is 12.1. The number of carbonyl (C=O) groups excluding carboxylic acids is 1. The highest BCUT2D eigenvalue weighted by molar-refractivity contribution is 7.91. The van der Waals surface area contributed by atoms with Crippen molar-refractivity contribution in [2.45, 2.75) is 64.7 Å². The van der Waals surface area contributed by atoms with E-state index in [1.165, 1.54) is 0 Å². The average Bonchev–Trinajstić information content (AvgIpc) is 2.86. The second-order valence-electron chi connectivity index (χ2n) is 8.92. The second-order valence-corrected chi connectivity index (χ2v) is 11.4. The third-order valence-corrected chi connectivity index (χ3v) is 8.88. The maximum Gasteiger partial charge on any atom is 0.251 e. The van der Waals surface area contributed by atoms with Gasteiger partial charge in [-0.3, -0.25) is 4.79 Å². The topological polar surface area (TPSA) is 87.3 Å². The summed E-state index contributed by atoms with van der Waals surface area (Å²) in [5.41, 5.74) is 2.65. The van der Waals surface area contributed by atoms with Crippen LogP contribution in [0.3, 0.4) is 0 Å². The molecule has 6 nitrogen and oxygen atoms in total. The van der Waals surface area contributed by atoms with Gasteiger partial charge in [-0.25, -0.2) is 8.42 Å². The molecule has 1 aromatic carbocycles. The van der Waals surface area contributed by atoms with Gasteiger partial charge in [0, 0.05) is 23.3 Å². The van der Waals surface area contributed by atoms with Crippen molar-refractivity contribution < 1.29 is 13.2 Å². The van der Waals surface area contributed by atoms with Gasteiger partial charge in [-0.2, -0.15) is 0 Å². The summed E-state index contributed by atoms with van der Waals surface area (Å²) in [7, 11) is -3.54. The van der Waals surface area contributed by atoms with Crippen molar-refractivity contribution in [3.63, 3.8) is 0 Å². The number of halogens is 1. The lowest BCUT2D eigenvalue weighted by Crippen LogP contribution is -2.25. The molecule has 8 heteroatoms. The lowest BCUT2D eigenvalue weighted by Gasteiger charge is -2.18. The third kappa shape index (κ3) is 8.15. The number of rotatable bonds is 15. The Balaban J connectivity index is 2.46. The summed E-state index contributed by atoms with van der Waals surface area (Å²) in [5.74, 6) is 0.141. The van der Waals surface area contributed by atoms with Crippen LogP contribution in [-0.2, 0) is 21.1 Å². The van der Waals surface area contributed by atoms with Crippen LogP contribution >= 0.6 is 11.6 Å². The van der Waals surface area contributed by atoms with E-state index >= 15 is 0 Å². The third-order valence-electron chi connectivity index (χ3n) is 6.60. The van der Waals surface area contributed by atoms with E-state index in [2.05, 4.69) is 23.7 Å². The summed E-state index contributed by atoms with van der Waals surface area (Å²) in [6.07, 6.45) is 6.06. The maximum absolute atomic E-state index is 13.0. The number of hydrogen-bond donors (Lipinski definition) is 1. The van der Waals surface area contributed by atoms with Crippen LogP contribution < -0.4 is 5.56 Å².